The predicted molar refractivity (Wildman–Crippen MR) is 68.5 cm³/mol. The molecule has 1 aliphatic heterocycles. The second-order valence-electron chi connectivity index (χ2n) is 4.09. The Balaban J connectivity index is 1.86. The lowest BCUT2D eigenvalue weighted by molar-refractivity contribution is -0.0491. The summed E-state index contributed by atoms with van der Waals surface area (Å²) in [7, 11) is 0. The first-order valence-electron chi connectivity index (χ1n) is 5.76. The average Bonchev–Trinajstić information content (AvgIpc) is 2.93. The van der Waals surface area contributed by atoms with E-state index >= 15 is 0 Å². The molecule has 96 valence electrons. The summed E-state index contributed by atoms with van der Waals surface area (Å²) in [6, 6.07) is 5.53. The van der Waals surface area contributed by atoms with Crippen LogP contribution in [0.5, 0.6) is 0 Å². The molecule has 1 aromatic carbocycles. The maximum atomic E-state index is 11.8. The normalized spacial score (nSPS) is 16.7. The van der Waals surface area contributed by atoms with Crippen LogP contribution in [0.25, 0.3) is 11.1 Å². The largest absolute Gasteiger partial charge is 0.419 e. The van der Waals surface area contributed by atoms with E-state index in [2.05, 4.69) is 15.9 Å². The highest BCUT2D eigenvalue weighted by Gasteiger charge is 2.17. The Morgan fingerprint density at radius 3 is 2.89 bits per heavy atom. The van der Waals surface area contributed by atoms with E-state index in [0.29, 0.717) is 31.8 Å². The van der Waals surface area contributed by atoms with Gasteiger partial charge in [0.25, 0.3) is 0 Å². The average molecular weight is 314 g/mol. The van der Waals surface area contributed by atoms with Gasteiger partial charge >= 0.3 is 5.76 Å². The van der Waals surface area contributed by atoms with E-state index in [1.807, 2.05) is 12.1 Å². The molecular weight excluding hydrogens is 302 g/mol. The van der Waals surface area contributed by atoms with Crippen LogP contribution in [-0.2, 0) is 16.0 Å². The third kappa shape index (κ3) is 2.23. The van der Waals surface area contributed by atoms with Crippen LogP contribution < -0.4 is 5.76 Å². The Morgan fingerprint density at radius 1 is 1.33 bits per heavy atom. The highest BCUT2D eigenvalue weighted by atomic mass is 79.9. The van der Waals surface area contributed by atoms with Crippen LogP contribution in [0.4, 0.5) is 0 Å². The van der Waals surface area contributed by atoms with Crippen LogP contribution >= 0.6 is 15.9 Å². The lowest BCUT2D eigenvalue weighted by Crippen LogP contribution is -2.18. The zero-order valence-corrected chi connectivity index (χ0v) is 11.2. The van der Waals surface area contributed by atoms with Gasteiger partial charge < -0.3 is 13.9 Å². The Morgan fingerprint density at radius 2 is 2.11 bits per heavy atom. The van der Waals surface area contributed by atoms with Gasteiger partial charge in [0.05, 0.1) is 18.7 Å². The van der Waals surface area contributed by atoms with E-state index in [1.54, 1.807) is 10.6 Å². The van der Waals surface area contributed by atoms with E-state index < -0.39 is 0 Å². The molecule has 0 atom stereocenters. The van der Waals surface area contributed by atoms with E-state index in [0.717, 1.165) is 9.99 Å². The monoisotopic (exact) mass is 313 g/mol. The highest BCUT2D eigenvalue weighted by molar-refractivity contribution is 9.10. The van der Waals surface area contributed by atoms with Crippen molar-refractivity contribution >= 4 is 27.0 Å². The first-order chi connectivity index (χ1) is 8.74. The first-order valence-corrected chi connectivity index (χ1v) is 6.55. The maximum Gasteiger partial charge on any atom is 0.419 e. The molecule has 0 saturated carbocycles. The van der Waals surface area contributed by atoms with Crippen molar-refractivity contribution in [2.45, 2.75) is 19.3 Å². The summed E-state index contributed by atoms with van der Waals surface area (Å²) >= 11 is 3.35. The third-order valence-corrected chi connectivity index (χ3v) is 3.40. The molecular formula is C12H12BrNO4. The van der Waals surface area contributed by atoms with Crippen LogP contribution in [-0.4, -0.2) is 24.1 Å². The van der Waals surface area contributed by atoms with Crippen molar-refractivity contribution in [1.29, 1.82) is 0 Å². The standard InChI is InChI=1S/C12H12BrNO4/c13-8-1-2-9-10(7-8)18-12(15)14(9)4-3-11-16-5-6-17-11/h1-2,7,11H,3-6H2. The lowest BCUT2D eigenvalue weighted by Gasteiger charge is -2.08. The van der Waals surface area contributed by atoms with Crippen molar-refractivity contribution in [1.82, 2.24) is 4.57 Å². The number of rotatable bonds is 3. The van der Waals surface area contributed by atoms with Gasteiger partial charge in [0, 0.05) is 17.4 Å². The van der Waals surface area contributed by atoms with Crippen molar-refractivity contribution in [2.75, 3.05) is 13.2 Å². The second-order valence-corrected chi connectivity index (χ2v) is 5.01. The molecule has 3 rings (SSSR count). The molecule has 6 heteroatoms. The molecule has 0 spiro atoms. The third-order valence-electron chi connectivity index (χ3n) is 2.91. The van der Waals surface area contributed by atoms with Crippen molar-refractivity contribution in [3.63, 3.8) is 0 Å². The molecule has 0 radical (unpaired) electrons. The molecule has 1 aliphatic rings. The summed E-state index contributed by atoms with van der Waals surface area (Å²) in [6.45, 7) is 1.77. The number of aryl methyl sites for hydroxylation is 1. The smallest absolute Gasteiger partial charge is 0.408 e. The van der Waals surface area contributed by atoms with E-state index in [-0.39, 0.29) is 12.0 Å². The second kappa shape index (κ2) is 4.87. The lowest BCUT2D eigenvalue weighted by atomic mass is 10.3. The summed E-state index contributed by atoms with van der Waals surface area (Å²) in [5.41, 5.74) is 1.38. The van der Waals surface area contributed by atoms with Crippen LogP contribution in [0, 0.1) is 0 Å². The van der Waals surface area contributed by atoms with Crippen LogP contribution in [0.2, 0.25) is 0 Å². The summed E-state index contributed by atoms with van der Waals surface area (Å²) in [4.78, 5) is 11.8. The number of ether oxygens (including phenoxy) is 2. The fourth-order valence-corrected chi connectivity index (χ4v) is 2.40. The minimum atomic E-state index is -0.346. The van der Waals surface area contributed by atoms with Crippen LogP contribution in [0.15, 0.2) is 31.9 Å². The number of oxazole rings is 1. The van der Waals surface area contributed by atoms with Gasteiger partial charge in [-0.3, -0.25) is 4.57 Å². The van der Waals surface area contributed by atoms with Gasteiger partial charge in [-0.25, -0.2) is 4.79 Å². The number of aromatic nitrogens is 1. The Kier molecular flexibility index (Phi) is 3.23. The zero-order valence-electron chi connectivity index (χ0n) is 9.60. The summed E-state index contributed by atoms with van der Waals surface area (Å²) < 4.78 is 18.4. The minimum absolute atomic E-state index is 0.211. The number of hydrogen-bond acceptors (Lipinski definition) is 4. The minimum Gasteiger partial charge on any atom is -0.408 e. The van der Waals surface area contributed by atoms with E-state index in [9.17, 15) is 4.79 Å². The molecule has 0 unspecified atom stereocenters. The number of fused-ring (bicyclic) bond motifs is 1. The number of halogens is 1. The van der Waals surface area contributed by atoms with E-state index in [4.69, 9.17) is 13.9 Å². The fraction of sp³-hybridized carbons (Fsp3) is 0.417. The van der Waals surface area contributed by atoms with Crippen molar-refractivity contribution in [3.8, 4) is 0 Å². The van der Waals surface area contributed by atoms with Gasteiger partial charge in [-0.05, 0) is 18.2 Å². The molecule has 0 N–H and O–H groups in total. The molecule has 2 aromatic rings. The first kappa shape index (κ1) is 12.0. The SMILES string of the molecule is O=c1oc2cc(Br)ccc2n1CCC1OCCO1. The van der Waals surface area contributed by atoms with Gasteiger partial charge in [0.2, 0.25) is 0 Å². The highest BCUT2D eigenvalue weighted by Crippen LogP contribution is 2.19. The molecule has 1 saturated heterocycles. The molecule has 5 nitrogen and oxygen atoms in total. The molecule has 1 aromatic heterocycles. The quantitative estimate of drug-likeness (QED) is 0.871. The predicted octanol–water partition coefficient (Wildman–Crippen LogP) is 2.12. The Hall–Kier alpha value is -1.11. The fourth-order valence-electron chi connectivity index (χ4n) is 2.06. The van der Waals surface area contributed by atoms with Gasteiger partial charge in [-0.15, -0.1) is 0 Å². The summed E-state index contributed by atoms with van der Waals surface area (Å²) in [5.74, 6) is -0.346. The molecule has 0 bridgehead atoms. The van der Waals surface area contributed by atoms with Gasteiger partial charge in [-0.2, -0.15) is 0 Å². The molecule has 1 fully saturated rings. The van der Waals surface area contributed by atoms with E-state index in [1.165, 1.54) is 0 Å². The summed E-state index contributed by atoms with van der Waals surface area (Å²) in [6.07, 6.45) is 0.433. The topological polar surface area (TPSA) is 53.6 Å². The molecule has 0 amide bonds. The number of hydrogen-bond donors (Lipinski definition) is 0. The van der Waals surface area contributed by atoms with Crippen molar-refractivity contribution in [2.24, 2.45) is 0 Å². The number of nitrogens with zero attached hydrogens (tertiary/aromatic N) is 1. The molecule has 2 heterocycles. The van der Waals surface area contributed by atoms with Gasteiger partial charge in [0.15, 0.2) is 11.9 Å². The Labute approximate surface area is 111 Å². The maximum absolute atomic E-state index is 11.8. The Bertz CT molecular complexity index is 612. The van der Waals surface area contributed by atoms with Crippen LogP contribution in [0.3, 0.4) is 0 Å². The zero-order chi connectivity index (χ0) is 12.5. The molecule has 18 heavy (non-hydrogen) atoms. The molecule has 0 aliphatic carbocycles. The number of benzene rings is 1. The van der Waals surface area contributed by atoms with Crippen molar-refractivity contribution in [3.05, 3.63) is 33.2 Å². The van der Waals surface area contributed by atoms with Crippen molar-refractivity contribution < 1.29 is 13.9 Å². The van der Waals surface area contributed by atoms with Gasteiger partial charge in [-0.1, -0.05) is 15.9 Å². The summed E-state index contributed by atoms with van der Waals surface area (Å²) in [5, 5.41) is 0. The van der Waals surface area contributed by atoms with Crippen LogP contribution in [0.1, 0.15) is 6.42 Å². The van der Waals surface area contributed by atoms with Gasteiger partial charge in [0.1, 0.15) is 0 Å².